The van der Waals surface area contributed by atoms with Crippen LogP contribution in [0.4, 0.5) is 5.69 Å². The van der Waals surface area contributed by atoms with Crippen LogP contribution in [-0.2, 0) is 11.2 Å². The third kappa shape index (κ3) is 1.80. The van der Waals surface area contributed by atoms with Crippen LogP contribution in [0.15, 0.2) is 53.0 Å². The number of para-hydroxylation sites is 1. The first-order chi connectivity index (χ1) is 12.2. The summed E-state index contributed by atoms with van der Waals surface area (Å²) in [6.45, 7) is 4.21. The van der Waals surface area contributed by atoms with Gasteiger partial charge in [-0.3, -0.25) is 0 Å². The number of benzene rings is 1. The molecule has 1 aliphatic carbocycles. The number of fused-ring (bicyclic) bond motifs is 1. The van der Waals surface area contributed by atoms with E-state index in [9.17, 15) is 10.5 Å². The summed E-state index contributed by atoms with van der Waals surface area (Å²) in [6, 6.07) is 10.7. The van der Waals surface area contributed by atoms with Gasteiger partial charge < -0.3 is 9.64 Å². The summed E-state index contributed by atoms with van der Waals surface area (Å²) in [5.41, 5.74) is 6.09. The van der Waals surface area contributed by atoms with E-state index in [-0.39, 0.29) is 17.4 Å². The van der Waals surface area contributed by atoms with Gasteiger partial charge >= 0.3 is 0 Å². The maximum atomic E-state index is 9.44. The highest BCUT2D eigenvalue weighted by molar-refractivity contribution is 5.70. The summed E-state index contributed by atoms with van der Waals surface area (Å²) in [5.74, 6) is 1.82. The second kappa shape index (κ2) is 5.01. The van der Waals surface area contributed by atoms with Gasteiger partial charge in [0.1, 0.15) is 23.5 Å². The lowest BCUT2D eigenvalue weighted by molar-refractivity contribution is 0.254. The predicted molar refractivity (Wildman–Crippen MR) is 93.3 cm³/mol. The molecule has 1 aromatic rings. The molecule has 0 amide bonds. The van der Waals surface area contributed by atoms with E-state index in [0.29, 0.717) is 5.92 Å². The van der Waals surface area contributed by atoms with Crippen molar-refractivity contribution in [2.24, 2.45) is 11.8 Å². The summed E-state index contributed by atoms with van der Waals surface area (Å²) >= 11 is 0. The molecular weight excluding hydrogens is 310 g/mol. The fourth-order valence-electron chi connectivity index (χ4n) is 5.10. The normalized spacial score (nSPS) is 27.9. The van der Waals surface area contributed by atoms with E-state index in [1.165, 1.54) is 16.8 Å². The fourth-order valence-corrected chi connectivity index (χ4v) is 5.10. The second-order valence-corrected chi connectivity index (χ2v) is 7.33. The first-order valence-electron chi connectivity index (χ1n) is 8.71. The topological polar surface area (TPSA) is 60.0 Å². The van der Waals surface area contributed by atoms with E-state index in [0.717, 1.165) is 36.4 Å². The monoisotopic (exact) mass is 327 g/mol. The van der Waals surface area contributed by atoms with Gasteiger partial charge in [-0.25, -0.2) is 0 Å². The minimum absolute atomic E-state index is 0.181. The maximum Gasteiger partial charge on any atom is 0.137 e. The number of ether oxygens (including phenoxy) is 1. The summed E-state index contributed by atoms with van der Waals surface area (Å²) in [6.07, 6.45) is 4.37. The Morgan fingerprint density at radius 3 is 2.88 bits per heavy atom. The Labute approximate surface area is 146 Å². The Balaban J connectivity index is 1.85. The van der Waals surface area contributed by atoms with Crippen LogP contribution < -0.4 is 4.90 Å². The van der Waals surface area contributed by atoms with Gasteiger partial charge in [0.25, 0.3) is 0 Å². The van der Waals surface area contributed by atoms with Crippen molar-refractivity contribution in [1.29, 1.82) is 10.5 Å². The van der Waals surface area contributed by atoms with Crippen molar-refractivity contribution in [1.82, 2.24) is 0 Å². The zero-order valence-corrected chi connectivity index (χ0v) is 14.0. The smallest absolute Gasteiger partial charge is 0.137 e. The number of hydrogen-bond donors (Lipinski definition) is 0. The summed E-state index contributed by atoms with van der Waals surface area (Å²) in [7, 11) is 0. The average Bonchev–Trinajstić information content (AvgIpc) is 2.61. The van der Waals surface area contributed by atoms with Crippen molar-refractivity contribution >= 4 is 5.69 Å². The van der Waals surface area contributed by atoms with Gasteiger partial charge in [0.15, 0.2) is 0 Å². The van der Waals surface area contributed by atoms with Crippen LogP contribution in [0.5, 0.6) is 0 Å². The van der Waals surface area contributed by atoms with Crippen LogP contribution in [0.2, 0.25) is 0 Å². The van der Waals surface area contributed by atoms with Crippen molar-refractivity contribution in [3.8, 4) is 12.1 Å². The molecule has 122 valence electrons. The molecule has 25 heavy (non-hydrogen) atoms. The summed E-state index contributed by atoms with van der Waals surface area (Å²) < 4.78 is 6.07. The molecule has 6 bridgehead atoms. The average molecular weight is 327 g/mol. The number of nitriles is 2. The van der Waals surface area contributed by atoms with E-state index < -0.39 is 0 Å². The van der Waals surface area contributed by atoms with Gasteiger partial charge in [0, 0.05) is 41.8 Å². The Bertz CT molecular complexity index is 954. The SMILES string of the molecule is CC1CN2CC3Cc4cccc(c42)C1C1=C3C(=C(C#N)C#N)C=CO1. The zero-order chi connectivity index (χ0) is 17.1. The lowest BCUT2D eigenvalue weighted by Gasteiger charge is -2.50. The molecule has 0 N–H and O–H groups in total. The Morgan fingerprint density at radius 1 is 1.24 bits per heavy atom. The lowest BCUT2D eigenvalue weighted by atomic mass is 9.68. The van der Waals surface area contributed by atoms with Crippen molar-refractivity contribution in [2.45, 2.75) is 19.3 Å². The molecule has 5 aliphatic rings. The van der Waals surface area contributed by atoms with Gasteiger partial charge in [0.2, 0.25) is 0 Å². The quantitative estimate of drug-likeness (QED) is 0.684. The Kier molecular flexibility index (Phi) is 2.88. The van der Waals surface area contributed by atoms with Crippen molar-refractivity contribution in [2.75, 3.05) is 18.0 Å². The van der Waals surface area contributed by atoms with Crippen LogP contribution in [0.25, 0.3) is 0 Å². The van der Waals surface area contributed by atoms with Crippen LogP contribution in [0.1, 0.15) is 24.0 Å². The first-order valence-corrected chi connectivity index (χ1v) is 8.71. The minimum atomic E-state index is 0.181. The van der Waals surface area contributed by atoms with Crippen molar-refractivity contribution in [3.63, 3.8) is 0 Å². The number of anilines is 1. The zero-order valence-electron chi connectivity index (χ0n) is 14.0. The first kappa shape index (κ1) is 14.4. The number of rotatable bonds is 0. The highest BCUT2D eigenvalue weighted by Gasteiger charge is 2.45. The van der Waals surface area contributed by atoms with E-state index in [2.05, 4.69) is 42.2 Å². The van der Waals surface area contributed by atoms with Crippen molar-refractivity contribution < 1.29 is 4.74 Å². The summed E-state index contributed by atoms with van der Waals surface area (Å²) in [5, 5.41) is 18.9. The van der Waals surface area contributed by atoms with Gasteiger partial charge in [-0.1, -0.05) is 25.1 Å². The number of nitrogens with zero attached hydrogens (tertiary/aromatic N) is 3. The molecular formula is C21H17N3O. The molecule has 3 atom stereocenters. The van der Waals surface area contributed by atoms with Crippen LogP contribution in [-0.4, -0.2) is 13.1 Å². The number of allylic oxidation sites excluding steroid dienone is 4. The molecule has 4 heteroatoms. The van der Waals surface area contributed by atoms with Crippen molar-refractivity contribution in [3.05, 3.63) is 64.1 Å². The maximum absolute atomic E-state index is 9.44. The van der Waals surface area contributed by atoms with Gasteiger partial charge in [-0.15, -0.1) is 0 Å². The molecule has 0 fully saturated rings. The summed E-state index contributed by atoms with van der Waals surface area (Å²) in [4.78, 5) is 2.50. The molecule has 3 unspecified atom stereocenters. The van der Waals surface area contributed by atoms with E-state index >= 15 is 0 Å². The number of hydrogen-bond acceptors (Lipinski definition) is 4. The third-order valence-electron chi connectivity index (χ3n) is 5.96. The molecule has 4 heterocycles. The van der Waals surface area contributed by atoms with E-state index in [4.69, 9.17) is 4.74 Å². The lowest BCUT2D eigenvalue weighted by Crippen LogP contribution is -2.47. The molecule has 0 radical (unpaired) electrons. The molecule has 4 nitrogen and oxygen atoms in total. The molecule has 6 rings (SSSR count). The van der Waals surface area contributed by atoms with Gasteiger partial charge in [-0.05, 0) is 29.5 Å². The minimum Gasteiger partial charge on any atom is -0.468 e. The van der Waals surface area contributed by atoms with Gasteiger partial charge in [-0.2, -0.15) is 10.5 Å². The fraction of sp³-hybridized carbons (Fsp3) is 0.333. The van der Waals surface area contributed by atoms with Crippen LogP contribution in [0.3, 0.4) is 0 Å². The Morgan fingerprint density at radius 2 is 2.08 bits per heavy atom. The second-order valence-electron chi connectivity index (χ2n) is 7.33. The molecule has 4 aliphatic heterocycles. The molecule has 0 aromatic heterocycles. The van der Waals surface area contributed by atoms with Crippen LogP contribution >= 0.6 is 0 Å². The highest BCUT2D eigenvalue weighted by Crippen LogP contribution is 2.54. The Hall–Kier alpha value is -2.98. The molecule has 0 saturated carbocycles. The standard InChI is InChI=1S/C21H17N3O/c1-12-10-24-11-14-7-13-3-2-4-17(20(13)24)18(12)21-19(14)16(5-6-25-21)15(8-22)9-23/h2-6,12,14,18H,7,10-11H2,1H3. The molecule has 1 aromatic carbocycles. The molecule has 0 saturated heterocycles. The van der Waals surface area contributed by atoms with E-state index in [1.54, 1.807) is 12.3 Å². The van der Waals surface area contributed by atoms with Gasteiger partial charge in [0.05, 0.1) is 6.26 Å². The highest BCUT2D eigenvalue weighted by atomic mass is 16.5. The third-order valence-corrected chi connectivity index (χ3v) is 5.96. The largest absolute Gasteiger partial charge is 0.468 e. The van der Waals surface area contributed by atoms with E-state index in [1.807, 2.05) is 0 Å². The molecule has 0 spiro atoms. The van der Waals surface area contributed by atoms with Crippen LogP contribution in [0, 0.1) is 34.5 Å². The predicted octanol–water partition coefficient (Wildman–Crippen LogP) is 3.55.